The standard InChI is InChI=1S/C15H18ClFN2S/c1-20-13-8-3-2-6-11(13)19-12-7-4-5-10(17)15(12)18-14(19)9-16/h4-5,7,11,13H,2-3,6,8-9H2,1H3. The first-order valence-electron chi connectivity index (χ1n) is 7.00. The van der Waals surface area contributed by atoms with E-state index in [0.29, 0.717) is 22.7 Å². The first-order chi connectivity index (χ1) is 9.76. The quantitative estimate of drug-likeness (QED) is 0.760. The smallest absolute Gasteiger partial charge is 0.151 e. The molecule has 0 bridgehead atoms. The summed E-state index contributed by atoms with van der Waals surface area (Å²) in [4.78, 5) is 4.42. The molecule has 1 aromatic heterocycles. The molecule has 2 atom stereocenters. The van der Waals surface area contributed by atoms with E-state index in [-0.39, 0.29) is 5.82 Å². The van der Waals surface area contributed by atoms with E-state index in [4.69, 9.17) is 11.6 Å². The first-order valence-corrected chi connectivity index (χ1v) is 8.82. The van der Waals surface area contributed by atoms with Gasteiger partial charge in [0.25, 0.3) is 0 Å². The van der Waals surface area contributed by atoms with Crippen LogP contribution < -0.4 is 0 Å². The Morgan fingerprint density at radius 3 is 2.95 bits per heavy atom. The first kappa shape index (κ1) is 14.2. The lowest BCUT2D eigenvalue weighted by molar-refractivity contribution is 0.366. The number of rotatable bonds is 3. The van der Waals surface area contributed by atoms with Gasteiger partial charge in [0.05, 0.1) is 11.4 Å². The zero-order chi connectivity index (χ0) is 14.1. The van der Waals surface area contributed by atoms with Crippen LogP contribution in [0.5, 0.6) is 0 Å². The van der Waals surface area contributed by atoms with Gasteiger partial charge in [-0.25, -0.2) is 9.37 Å². The molecule has 0 N–H and O–H groups in total. The Bertz CT molecular complexity index is 613. The fourth-order valence-corrected chi connectivity index (χ4v) is 4.41. The van der Waals surface area contributed by atoms with Gasteiger partial charge in [-0.3, -0.25) is 0 Å². The number of hydrogen-bond donors (Lipinski definition) is 0. The summed E-state index contributed by atoms with van der Waals surface area (Å²) < 4.78 is 16.1. The third-order valence-corrected chi connectivity index (χ3v) is 5.56. The number of hydrogen-bond acceptors (Lipinski definition) is 2. The maximum Gasteiger partial charge on any atom is 0.151 e. The Kier molecular flexibility index (Phi) is 4.22. The number of benzene rings is 1. The Morgan fingerprint density at radius 2 is 2.20 bits per heavy atom. The molecule has 0 amide bonds. The van der Waals surface area contributed by atoms with E-state index < -0.39 is 0 Å². The topological polar surface area (TPSA) is 17.8 Å². The summed E-state index contributed by atoms with van der Waals surface area (Å²) >= 11 is 7.95. The molecule has 5 heteroatoms. The SMILES string of the molecule is CSC1CCCCC1n1c(CCl)nc2c(F)cccc21. The molecule has 108 valence electrons. The van der Waals surface area contributed by atoms with Crippen LogP contribution in [0.4, 0.5) is 4.39 Å². The van der Waals surface area contributed by atoms with Gasteiger partial charge in [0, 0.05) is 11.3 Å². The fraction of sp³-hybridized carbons (Fsp3) is 0.533. The number of nitrogens with zero attached hydrogens (tertiary/aromatic N) is 2. The van der Waals surface area contributed by atoms with Gasteiger partial charge in [0.1, 0.15) is 11.3 Å². The summed E-state index contributed by atoms with van der Waals surface area (Å²) in [6.45, 7) is 0. The van der Waals surface area contributed by atoms with Crippen LogP contribution in [0.25, 0.3) is 11.0 Å². The monoisotopic (exact) mass is 312 g/mol. The molecule has 2 unspecified atom stereocenters. The van der Waals surface area contributed by atoms with Crippen molar-refractivity contribution < 1.29 is 4.39 Å². The molecule has 1 aliphatic rings. The van der Waals surface area contributed by atoms with Crippen LogP contribution in [-0.4, -0.2) is 21.1 Å². The van der Waals surface area contributed by atoms with Gasteiger partial charge in [0.15, 0.2) is 5.82 Å². The molecule has 0 aliphatic heterocycles. The molecule has 0 saturated heterocycles. The average Bonchev–Trinajstić information content (AvgIpc) is 2.87. The lowest BCUT2D eigenvalue weighted by Crippen LogP contribution is -2.26. The van der Waals surface area contributed by atoms with Crippen LogP contribution in [0, 0.1) is 5.82 Å². The van der Waals surface area contributed by atoms with Crippen LogP contribution in [0.1, 0.15) is 37.5 Å². The number of alkyl halides is 1. The van der Waals surface area contributed by atoms with E-state index in [1.165, 1.54) is 25.3 Å². The second kappa shape index (κ2) is 5.94. The summed E-state index contributed by atoms with van der Waals surface area (Å²) in [5.41, 5.74) is 1.33. The molecule has 1 aromatic carbocycles. The van der Waals surface area contributed by atoms with Crippen LogP contribution in [0.15, 0.2) is 18.2 Å². The molecule has 2 aromatic rings. The number of aromatic nitrogens is 2. The van der Waals surface area contributed by atoms with Gasteiger partial charge >= 0.3 is 0 Å². The highest BCUT2D eigenvalue weighted by Gasteiger charge is 2.29. The zero-order valence-corrected chi connectivity index (χ0v) is 13.1. The highest BCUT2D eigenvalue weighted by Crippen LogP contribution is 2.38. The number of para-hydroxylation sites is 1. The number of fused-ring (bicyclic) bond motifs is 1. The van der Waals surface area contributed by atoms with Crippen molar-refractivity contribution in [3.05, 3.63) is 29.8 Å². The lowest BCUT2D eigenvalue weighted by atomic mass is 9.94. The molecule has 2 nitrogen and oxygen atoms in total. The van der Waals surface area contributed by atoms with E-state index >= 15 is 0 Å². The van der Waals surface area contributed by atoms with Crippen LogP contribution in [0.3, 0.4) is 0 Å². The number of thioether (sulfide) groups is 1. The molecule has 1 heterocycles. The largest absolute Gasteiger partial charge is 0.323 e. The second-order valence-electron chi connectivity index (χ2n) is 5.27. The van der Waals surface area contributed by atoms with Gasteiger partial charge in [-0.1, -0.05) is 18.9 Å². The van der Waals surface area contributed by atoms with Crippen molar-refractivity contribution in [2.75, 3.05) is 6.26 Å². The fourth-order valence-electron chi connectivity index (χ4n) is 3.24. The molecule has 1 fully saturated rings. The Morgan fingerprint density at radius 1 is 1.40 bits per heavy atom. The molecular weight excluding hydrogens is 295 g/mol. The van der Waals surface area contributed by atoms with Crippen molar-refractivity contribution in [2.24, 2.45) is 0 Å². The lowest BCUT2D eigenvalue weighted by Gasteiger charge is -2.32. The van der Waals surface area contributed by atoms with Crippen molar-refractivity contribution in [3.8, 4) is 0 Å². The van der Waals surface area contributed by atoms with E-state index in [2.05, 4.69) is 15.8 Å². The van der Waals surface area contributed by atoms with Gasteiger partial charge < -0.3 is 4.57 Å². The maximum atomic E-state index is 13.9. The van der Waals surface area contributed by atoms with Crippen LogP contribution >= 0.6 is 23.4 Å². The van der Waals surface area contributed by atoms with Crippen LogP contribution in [0.2, 0.25) is 0 Å². The van der Waals surface area contributed by atoms with Crippen molar-refractivity contribution in [3.63, 3.8) is 0 Å². The zero-order valence-electron chi connectivity index (χ0n) is 11.5. The normalized spacial score (nSPS) is 23.4. The number of halogens is 2. The van der Waals surface area contributed by atoms with Gasteiger partial charge in [-0.2, -0.15) is 11.8 Å². The maximum absolute atomic E-state index is 13.9. The highest BCUT2D eigenvalue weighted by atomic mass is 35.5. The van der Waals surface area contributed by atoms with E-state index in [9.17, 15) is 4.39 Å². The third kappa shape index (κ3) is 2.33. The summed E-state index contributed by atoms with van der Waals surface area (Å²) in [5.74, 6) is 0.855. The predicted octanol–water partition coefficient (Wildman–Crippen LogP) is 4.76. The molecule has 3 rings (SSSR count). The van der Waals surface area contributed by atoms with Crippen molar-refractivity contribution >= 4 is 34.4 Å². The van der Waals surface area contributed by atoms with Gasteiger partial charge in [0.2, 0.25) is 0 Å². The molecule has 1 saturated carbocycles. The third-order valence-electron chi connectivity index (χ3n) is 4.17. The van der Waals surface area contributed by atoms with Gasteiger partial charge in [-0.15, -0.1) is 11.6 Å². The Balaban J connectivity index is 2.15. The van der Waals surface area contributed by atoms with Crippen LogP contribution in [-0.2, 0) is 5.88 Å². The minimum atomic E-state index is -0.260. The second-order valence-corrected chi connectivity index (χ2v) is 6.61. The van der Waals surface area contributed by atoms with Gasteiger partial charge in [-0.05, 0) is 31.2 Å². The molecular formula is C15H18ClFN2S. The molecule has 0 radical (unpaired) electrons. The highest BCUT2D eigenvalue weighted by molar-refractivity contribution is 7.99. The van der Waals surface area contributed by atoms with E-state index in [1.807, 2.05) is 17.8 Å². The predicted molar refractivity (Wildman–Crippen MR) is 84.1 cm³/mol. The van der Waals surface area contributed by atoms with Crippen molar-refractivity contribution in [1.29, 1.82) is 0 Å². The summed E-state index contributed by atoms with van der Waals surface area (Å²) in [7, 11) is 0. The molecule has 0 spiro atoms. The van der Waals surface area contributed by atoms with E-state index in [0.717, 1.165) is 17.8 Å². The minimum Gasteiger partial charge on any atom is -0.323 e. The summed E-state index contributed by atoms with van der Waals surface area (Å²) in [6.07, 6.45) is 6.99. The minimum absolute atomic E-state index is 0.260. The summed E-state index contributed by atoms with van der Waals surface area (Å²) in [5, 5.41) is 0.561. The average molecular weight is 313 g/mol. The molecule has 20 heavy (non-hydrogen) atoms. The van der Waals surface area contributed by atoms with Crippen molar-refractivity contribution in [1.82, 2.24) is 9.55 Å². The number of imidazole rings is 1. The molecule has 1 aliphatic carbocycles. The van der Waals surface area contributed by atoms with E-state index in [1.54, 1.807) is 6.07 Å². The summed E-state index contributed by atoms with van der Waals surface area (Å²) in [6, 6.07) is 5.54. The Hall–Kier alpha value is -0.740. The Labute approximate surface area is 127 Å². The van der Waals surface area contributed by atoms with Crippen molar-refractivity contribution in [2.45, 2.75) is 42.9 Å².